The smallest absolute Gasteiger partial charge is 0.0840 e. The van der Waals surface area contributed by atoms with Crippen molar-refractivity contribution in [3.8, 4) is 0 Å². The minimum absolute atomic E-state index is 0.161. The van der Waals surface area contributed by atoms with Gasteiger partial charge < -0.3 is 14.8 Å². The van der Waals surface area contributed by atoms with Crippen LogP contribution in [0.15, 0.2) is 0 Å². The van der Waals surface area contributed by atoms with Crippen molar-refractivity contribution >= 4 is 0 Å². The molecule has 2 saturated heterocycles. The number of rotatable bonds is 2. The summed E-state index contributed by atoms with van der Waals surface area (Å²) in [7, 11) is 0. The number of piperidine rings is 1. The lowest BCUT2D eigenvalue weighted by Gasteiger charge is -2.32. The summed E-state index contributed by atoms with van der Waals surface area (Å²) < 4.78 is 12.2. The minimum atomic E-state index is 0.161. The monoisotopic (exact) mass is 225 g/mol. The van der Waals surface area contributed by atoms with Gasteiger partial charge in [0.15, 0.2) is 0 Å². The Morgan fingerprint density at radius 1 is 1.06 bits per heavy atom. The highest BCUT2D eigenvalue weighted by molar-refractivity contribution is 4.93. The number of ether oxygens (including phenoxy) is 2. The normalized spacial score (nSPS) is 34.9. The van der Waals surface area contributed by atoms with Crippen LogP contribution in [0.25, 0.3) is 0 Å². The van der Waals surface area contributed by atoms with Gasteiger partial charge in [0.25, 0.3) is 0 Å². The number of hydrogen-bond acceptors (Lipinski definition) is 3. The molecule has 0 aromatic carbocycles. The average molecular weight is 225 g/mol. The summed E-state index contributed by atoms with van der Waals surface area (Å²) >= 11 is 0. The Hall–Kier alpha value is -0.120. The van der Waals surface area contributed by atoms with Gasteiger partial charge in [-0.25, -0.2) is 0 Å². The molecule has 0 aromatic heterocycles. The molecule has 2 heterocycles. The SMILES string of the molecule is C1CCC(OC2COC3(CCNCC3)C2)C1. The largest absolute Gasteiger partial charge is 0.372 e. The zero-order chi connectivity index (χ0) is 10.8. The molecule has 3 heteroatoms. The van der Waals surface area contributed by atoms with Gasteiger partial charge in [-0.15, -0.1) is 0 Å². The maximum Gasteiger partial charge on any atom is 0.0840 e. The number of hydrogen-bond donors (Lipinski definition) is 1. The quantitative estimate of drug-likeness (QED) is 0.778. The fourth-order valence-electron chi connectivity index (χ4n) is 3.42. The zero-order valence-electron chi connectivity index (χ0n) is 10.0. The Kier molecular flexibility index (Phi) is 3.18. The van der Waals surface area contributed by atoms with Gasteiger partial charge in [0.2, 0.25) is 0 Å². The number of nitrogens with one attached hydrogen (secondary N) is 1. The van der Waals surface area contributed by atoms with Gasteiger partial charge in [-0.2, -0.15) is 0 Å². The topological polar surface area (TPSA) is 30.5 Å². The minimum Gasteiger partial charge on any atom is -0.372 e. The molecule has 3 aliphatic rings. The van der Waals surface area contributed by atoms with Crippen LogP contribution in [0, 0.1) is 0 Å². The third-order valence-electron chi connectivity index (χ3n) is 4.38. The van der Waals surface area contributed by atoms with Gasteiger partial charge in [0.1, 0.15) is 0 Å². The van der Waals surface area contributed by atoms with Crippen LogP contribution in [0.1, 0.15) is 44.9 Å². The maximum atomic E-state index is 6.15. The molecule has 2 aliphatic heterocycles. The van der Waals surface area contributed by atoms with Crippen molar-refractivity contribution in [2.24, 2.45) is 0 Å². The van der Waals surface area contributed by atoms with Gasteiger partial charge in [-0.1, -0.05) is 12.8 Å². The predicted octanol–water partition coefficient (Wildman–Crippen LogP) is 1.86. The maximum absolute atomic E-state index is 6.15. The van der Waals surface area contributed by atoms with Crippen molar-refractivity contribution in [3.63, 3.8) is 0 Å². The predicted molar refractivity (Wildman–Crippen MR) is 62.5 cm³/mol. The molecular weight excluding hydrogens is 202 g/mol. The van der Waals surface area contributed by atoms with E-state index in [1.165, 1.54) is 25.7 Å². The summed E-state index contributed by atoms with van der Waals surface area (Å²) in [6, 6.07) is 0. The lowest BCUT2D eigenvalue weighted by atomic mass is 9.89. The molecule has 3 nitrogen and oxygen atoms in total. The highest BCUT2D eigenvalue weighted by atomic mass is 16.6. The lowest BCUT2D eigenvalue weighted by Crippen LogP contribution is -2.41. The lowest BCUT2D eigenvalue weighted by molar-refractivity contribution is -0.0310. The second-order valence-electron chi connectivity index (χ2n) is 5.61. The fourth-order valence-corrected chi connectivity index (χ4v) is 3.42. The van der Waals surface area contributed by atoms with E-state index in [1.54, 1.807) is 0 Å². The molecule has 0 amide bonds. The van der Waals surface area contributed by atoms with Crippen LogP contribution < -0.4 is 5.32 Å². The van der Waals surface area contributed by atoms with E-state index in [0.29, 0.717) is 12.2 Å². The Morgan fingerprint density at radius 2 is 1.81 bits per heavy atom. The first-order valence-corrected chi connectivity index (χ1v) is 6.86. The van der Waals surface area contributed by atoms with Crippen LogP contribution in [0.3, 0.4) is 0 Å². The first-order valence-electron chi connectivity index (χ1n) is 6.86. The molecule has 0 radical (unpaired) electrons. The van der Waals surface area contributed by atoms with Crippen molar-refractivity contribution in [2.45, 2.75) is 62.8 Å². The van der Waals surface area contributed by atoms with Gasteiger partial charge in [-0.3, -0.25) is 0 Å². The Labute approximate surface area is 97.9 Å². The average Bonchev–Trinajstić information content (AvgIpc) is 2.92. The molecule has 16 heavy (non-hydrogen) atoms. The summed E-state index contributed by atoms with van der Waals surface area (Å²) in [4.78, 5) is 0. The van der Waals surface area contributed by atoms with E-state index < -0.39 is 0 Å². The van der Waals surface area contributed by atoms with E-state index in [4.69, 9.17) is 9.47 Å². The Bertz CT molecular complexity index is 232. The van der Waals surface area contributed by atoms with Crippen LogP contribution in [0.2, 0.25) is 0 Å². The third kappa shape index (κ3) is 2.27. The molecular formula is C13H23NO2. The van der Waals surface area contributed by atoms with E-state index in [-0.39, 0.29) is 5.60 Å². The van der Waals surface area contributed by atoms with Crippen molar-refractivity contribution < 1.29 is 9.47 Å². The highest BCUT2D eigenvalue weighted by Crippen LogP contribution is 2.36. The first kappa shape index (κ1) is 11.0. The van der Waals surface area contributed by atoms with Gasteiger partial charge in [-0.05, 0) is 38.8 Å². The second-order valence-corrected chi connectivity index (χ2v) is 5.61. The fraction of sp³-hybridized carbons (Fsp3) is 1.00. The van der Waals surface area contributed by atoms with Crippen LogP contribution in [-0.4, -0.2) is 37.5 Å². The van der Waals surface area contributed by atoms with E-state index in [1.807, 2.05) is 0 Å². The van der Waals surface area contributed by atoms with Crippen LogP contribution in [-0.2, 0) is 9.47 Å². The second kappa shape index (κ2) is 4.63. The highest BCUT2D eigenvalue weighted by Gasteiger charge is 2.42. The molecule has 0 aromatic rings. The molecule has 1 N–H and O–H groups in total. The summed E-state index contributed by atoms with van der Waals surface area (Å²) in [5.74, 6) is 0. The van der Waals surface area contributed by atoms with E-state index in [0.717, 1.165) is 39.0 Å². The van der Waals surface area contributed by atoms with Crippen molar-refractivity contribution in [3.05, 3.63) is 0 Å². The summed E-state index contributed by atoms with van der Waals surface area (Å²) in [5, 5.41) is 3.40. The van der Waals surface area contributed by atoms with Gasteiger partial charge in [0, 0.05) is 6.42 Å². The molecule has 0 bridgehead atoms. The van der Waals surface area contributed by atoms with E-state index >= 15 is 0 Å². The van der Waals surface area contributed by atoms with Crippen LogP contribution in [0.5, 0.6) is 0 Å². The Balaban J connectivity index is 1.51. The first-order chi connectivity index (χ1) is 7.86. The Morgan fingerprint density at radius 3 is 2.56 bits per heavy atom. The summed E-state index contributed by atoms with van der Waals surface area (Å²) in [5.41, 5.74) is 0.161. The molecule has 1 unspecified atom stereocenters. The van der Waals surface area contributed by atoms with Crippen molar-refractivity contribution in [2.75, 3.05) is 19.7 Å². The van der Waals surface area contributed by atoms with Crippen LogP contribution in [0.4, 0.5) is 0 Å². The van der Waals surface area contributed by atoms with Crippen molar-refractivity contribution in [1.82, 2.24) is 5.32 Å². The van der Waals surface area contributed by atoms with E-state index in [2.05, 4.69) is 5.32 Å². The molecule has 1 spiro atoms. The van der Waals surface area contributed by atoms with Crippen molar-refractivity contribution in [1.29, 1.82) is 0 Å². The van der Waals surface area contributed by atoms with Gasteiger partial charge in [0.05, 0.1) is 24.4 Å². The summed E-state index contributed by atoms with van der Waals surface area (Å²) in [6.45, 7) is 3.04. The molecule has 1 aliphatic carbocycles. The van der Waals surface area contributed by atoms with Crippen LogP contribution >= 0.6 is 0 Å². The van der Waals surface area contributed by atoms with Gasteiger partial charge >= 0.3 is 0 Å². The standard InChI is InChI=1S/C13H23NO2/c1-2-4-11(3-1)16-12-9-13(15-10-12)5-7-14-8-6-13/h11-12,14H,1-10H2. The molecule has 3 rings (SSSR count). The van der Waals surface area contributed by atoms with E-state index in [9.17, 15) is 0 Å². The molecule has 1 saturated carbocycles. The molecule has 3 fully saturated rings. The summed E-state index contributed by atoms with van der Waals surface area (Å²) in [6.07, 6.45) is 9.61. The molecule has 92 valence electrons. The zero-order valence-corrected chi connectivity index (χ0v) is 10.0. The molecule has 1 atom stereocenters. The third-order valence-corrected chi connectivity index (χ3v) is 4.38.